The number of methoxy groups -OCH3 is 1. The fraction of sp³-hybridized carbons (Fsp3) is 0.421. The zero-order chi connectivity index (χ0) is 19.6. The normalized spacial score (nSPS) is 22.0. The van der Waals surface area contributed by atoms with Gasteiger partial charge in [-0.2, -0.15) is 0 Å². The van der Waals surface area contributed by atoms with Gasteiger partial charge in [0.25, 0.3) is 0 Å². The lowest BCUT2D eigenvalue weighted by molar-refractivity contribution is -0.141. The number of fused-ring (bicyclic) bond motifs is 1. The van der Waals surface area contributed by atoms with Gasteiger partial charge in [0.1, 0.15) is 6.61 Å². The molecule has 0 N–H and O–H groups in total. The van der Waals surface area contributed by atoms with E-state index in [-0.39, 0.29) is 17.8 Å². The van der Waals surface area contributed by atoms with Gasteiger partial charge in [0.2, 0.25) is 5.91 Å². The summed E-state index contributed by atoms with van der Waals surface area (Å²) in [6.07, 6.45) is 0.693. The van der Waals surface area contributed by atoms with E-state index < -0.39 is 12.0 Å². The molecule has 8 heteroatoms. The second kappa shape index (κ2) is 8.46. The molecule has 0 aliphatic carbocycles. The van der Waals surface area contributed by atoms with Crippen LogP contribution in [0.2, 0.25) is 5.02 Å². The van der Waals surface area contributed by atoms with E-state index in [1.54, 1.807) is 24.0 Å². The van der Waals surface area contributed by atoms with Gasteiger partial charge >= 0.3 is 5.97 Å². The summed E-state index contributed by atoms with van der Waals surface area (Å²) in [5.74, 6) is -0.541. The van der Waals surface area contributed by atoms with Crippen LogP contribution in [0.4, 0.5) is 0 Å². The van der Waals surface area contributed by atoms with E-state index in [1.807, 2.05) is 19.1 Å². The Balaban J connectivity index is 2.03. The zero-order valence-corrected chi connectivity index (χ0v) is 17.0. The van der Waals surface area contributed by atoms with Gasteiger partial charge in [0.15, 0.2) is 5.17 Å². The third kappa shape index (κ3) is 3.90. The average Bonchev–Trinajstić information content (AvgIpc) is 2.96. The molecule has 0 saturated carbocycles. The third-order valence-electron chi connectivity index (χ3n) is 4.45. The van der Waals surface area contributed by atoms with Crippen molar-refractivity contribution in [3.63, 3.8) is 0 Å². The van der Waals surface area contributed by atoms with E-state index in [4.69, 9.17) is 21.1 Å². The summed E-state index contributed by atoms with van der Waals surface area (Å²) in [7, 11) is 1.54. The van der Waals surface area contributed by atoms with Crippen molar-refractivity contribution in [3.05, 3.63) is 46.1 Å². The highest BCUT2D eigenvalue weighted by Gasteiger charge is 2.47. The fourth-order valence-corrected chi connectivity index (χ4v) is 4.37. The fourth-order valence-electron chi connectivity index (χ4n) is 3.11. The van der Waals surface area contributed by atoms with Gasteiger partial charge < -0.3 is 9.47 Å². The predicted molar refractivity (Wildman–Crippen MR) is 106 cm³/mol. The maximum Gasteiger partial charge on any atom is 0.338 e. The number of esters is 1. The van der Waals surface area contributed by atoms with E-state index in [1.165, 1.54) is 18.9 Å². The summed E-state index contributed by atoms with van der Waals surface area (Å²) in [5, 5.41) is 1.01. The number of rotatable bonds is 6. The summed E-state index contributed by atoms with van der Waals surface area (Å²) in [5.41, 5.74) is 1.71. The molecule has 0 bridgehead atoms. The molecule has 0 radical (unpaired) electrons. The summed E-state index contributed by atoms with van der Waals surface area (Å²) in [6, 6.07) is 6.56. The SMILES string of the molecule is CC[C@@H]1SC2=NC(C)=C(C(=O)OCCOC)[C@H](c3ccc(Cl)cc3)N2C1=O. The minimum absolute atomic E-state index is 0.0455. The molecule has 0 spiro atoms. The molecule has 2 heterocycles. The van der Waals surface area contributed by atoms with Gasteiger partial charge in [0.05, 0.1) is 29.2 Å². The highest BCUT2D eigenvalue weighted by Crippen LogP contribution is 2.44. The number of thioether (sulfide) groups is 1. The molecule has 27 heavy (non-hydrogen) atoms. The molecular formula is C19H21ClN2O4S. The number of amidine groups is 1. The molecule has 2 atom stereocenters. The number of allylic oxidation sites excluding steroid dienone is 1. The Bertz CT molecular complexity index is 806. The Morgan fingerprint density at radius 1 is 1.30 bits per heavy atom. The average molecular weight is 409 g/mol. The van der Waals surface area contributed by atoms with Gasteiger partial charge in [-0.15, -0.1) is 0 Å². The lowest BCUT2D eigenvalue weighted by Crippen LogP contribution is -2.40. The molecule has 0 unspecified atom stereocenters. The maximum absolute atomic E-state index is 13.0. The second-order valence-corrected chi connectivity index (χ2v) is 7.81. The molecule has 3 rings (SSSR count). The lowest BCUT2D eigenvalue weighted by Gasteiger charge is -2.33. The number of hydrogen-bond donors (Lipinski definition) is 0. The lowest BCUT2D eigenvalue weighted by atomic mass is 9.94. The molecule has 1 aromatic carbocycles. The highest BCUT2D eigenvalue weighted by atomic mass is 35.5. The Morgan fingerprint density at radius 2 is 2.00 bits per heavy atom. The molecule has 0 aromatic heterocycles. The Labute approximate surface area is 167 Å². The van der Waals surface area contributed by atoms with Crippen molar-refractivity contribution in [2.45, 2.75) is 31.6 Å². The Kier molecular flexibility index (Phi) is 6.24. The monoisotopic (exact) mass is 408 g/mol. The van der Waals surface area contributed by atoms with Crippen molar-refractivity contribution in [1.82, 2.24) is 4.90 Å². The Hall–Kier alpha value is -1.83. The third-order valence-corrected chi connectivity index (χ3v) is 6.02. The van der Waals surface area contributed by atoms with Crippen LogP contribution in [0.1, 0.15) is 31.9 Å². The molecule has 144 valence electrons. The number of hydrogen-bond acceptors (Lipinski definition) is 6. The minimum Gasteiger partial charge on any atom is -0.460 e. The van der Waals surface area contributed by atoms with Gasteiger partial charge in [0, 0.05) is 12.1 Å². The standard InChI is InChI=1S/C19H21ClN2O4S/c1-4-14-17(23)22-16(12-5-7-13(20)8-6-12)15(11(2)21-19(22)27-14)18(24)26-10-9-25-3/h5-8,14,16H,4,9-10H2,1-3H3/t14-,16-/m0/s1. The molecule has 1 saturated heterocycles. The van der Waals surface area contributed by atoms with Crippen LogP contribution in [0.3, 0.4) is 0 Å². The molecule has 2 aliphatic rings. The molecule has 2 aliphatic heterocycles. The van der Waals surface area contributed by atoms with Gasteiger partial charge in [-0.3, -0.25) is 9.69 Å². The van der Waals surface area contributed by atoms with Crippen molar-refractivity contribution in [1.29, 1.82) is 0 Å². The van der Waals surface area contributed by atoms with Crippen LogP contribution in [0.25, 0.3) is 0 Å². The maximum atomic E-state index is 13.0. The number of halogens is 1. The number of carbonyl (C=O) groups is 2. The van der Waals surface area contributed by atoms with Gasteiger partial charge in [-0.05, 0) is 31.0 Å². The van der Waals surface area contributed by atoms with Crippen LogP contribution in [0, 0.1) is 0 Å². The number of amides is 1. The first-order valence-electron chi connectivity index (χ1n) is 8.68. The number of nitrogens with zero attached hydrogens (tertiary/aromatic N) is 2. The van der Waals surface area contributed by atoms with Crippen molar-refractivity contribution in [2.75, 3.05) is 20.3 Å². The second-order valence-electron chi connectivity index (χ2n) is 6.20. The first-order valence-corrected chi connectivity index (χ1v) is 9.94. The van der Waals surface area contributed by atoms with E-state index in [9.17, 15) is 9.59 Å². The molecule has 1 fully saturated rings. The van der Waals surface area contributed by atoms with Gasteiger partial charge in [-0.1, -0.05) is 42.4 Å². The van der Waals surface area contributed by atoms with E-state index in [2.05, 4.69) is 4.99 Å². The van der Waals surface area contributed by atoms with Crippen LogP contribution < -0.4 is 0 Å². The van der Waals surface area contributed by atoms with Crippen LogP contribution in [-0.4, -0.2) is 47.5 Å². The van der Waals surface area contributed by atoms with Crippen LogP contribution in [0.15, 0.2) is 40.5 Å². The van der Waals surface area contributed by atoms with Crippen molar-refractivity contribution in [3.8, 4) is 0 Å². The van der Waals surface area contributed by atoms with Crippen LogP contribution >= 0.6 is 23.4 Å². The van der Waals surface area contributed by atoms with Crippen molar-refractivity contribution < 1.29 is 19.1 Å². The molecule has 1 amide bonds. The topological polar surface area (TPSA) is 68.2 Å². The summed E-state index contributed by atoms with van der Waals surface area (Å²) < 4.78 is 10.3. The van der Waals surface area contributed by atoms with E-state index >= 15 is 0 Å². The molecule has 6 nitrogen and oxygen atoms in total. The largest absolute Gasteiger partial charge is 0.460 e. The first kappa shape index (κ1) is 19.9. The Morgan fingerprint density at radius 3 is 2.63 bits per heavy atom. The highest BCUT2D eigenvalue weighted by molar-refractivity contribution is 8.15. The van der Waals surface area contributed by atoms with Gasteiger partial charge in [-0.25, -0.2) is 9.79 Å². The van der Waals surface area contributed by atoms with Crippen molar-refractivity contribution in [2.24, 2.45) is 4.99 Å². The van der Waals surface area contributed by atoms with Crippen LogP contribution in [-0.2, 0) is 19.1 Å². The minimum atomic E-state index is -0.582. The van der Waals surface area contributed by atoms with Crippen molar-refractivity contribution >= 4 is 40.4 Å². The molecular weight excluding hydrogens is 388 g/mol. The quantitative estimate of drug-likeness (QED) is 0.531. The predicted octanol–water partition coefficient (Wildman–Crippen LogP) is 3.57. The summed E-state index contributed by atoms with van der Waals surface area (Å²) in [4.78, 5) is 31.9. The number of benzene rings is 1. The van der Waals surface area contributed by atoms with Crippen LogP contribution in [0.5, 0.6) is 0 Å². The zero-order valence-electron chi connectivity index (χ0n) is 15.4. The van der Waals surface area contributed by atoms with E-state index in [0.717, 1.165) is 5.56 Å². The summed E-state index contributed by atoms with van der Waals surface area (Å²) in [6.45, 7) is 4.17. The summed E-state index contributed by atoms with van der Waals surface area (Å²) >= 11 is 7.46. The number of ether oxygens (including phenoxy) is 2. The first-order chi connectivity index (χ1) is 13.0. The number of aliphatic imine (C=N–C) groups is 1. The smallest absolute Gasteiger partial charge is 0.338 e. The molecule has 1 aromatic rings. The van der Waals surface area contributed by atoms with E-state index in [0.29, 0.717) is 34.5 Å². The number of carbonyl (C=O) groups excluding carboxylic acids is 2.